The molecule has 4 N–H and O–H groups in total. The number of benzene rings is 1. The van der Waals surface area contributed by atoms with E-state index < -0.39 is 17.4 Å². The minimum atomic E-state index is -4.60. The smallest absolute Gasteiger partial charge is 0.419 e. The molecular weight excluding hydrogens is 423 g/mol. The van der Waals surface area contributed by atoms with Crippen molar-refractivity contribution in [1.82, 2.24) is 10.3 Å². The molecule has 1 aromatic carbocycles. The third-order valence-electron chi connectivity index (χ3n) is 5.36. The highest BCUT2D eigenvalue weighted by Gasteiger charge is 2.42. The third-order valence-corrected chi connectivity index (χ3v) is 5.36. The van der Waals surface area contributed by atoms with E-state index in [1.165, 1.54) is 19.4 Å². The summed E-state index contributed by atoms with van der Waals surface area (Å²) in [5.74, 6) is 0.724. The number of hydrogen-bond donors (Lipinski definition) is 3. The number of ether oxygens (including phenoxy) is 2. The average molecular weight is 447 g/mol. The fourth-order valence-corrected chi connectivity index (χ4v) is 3.72. The molecule has 3 heterocycles. The number of morpholine rings is 1. The van der Waals surface area contributed by atoms with Gasteiger partial charge in [0.05, 0.1) is 31.6 Å². The van der Waals surface area contributed by atoms with Gasteiger partial charge in [-0.1, -0.05) is 6.07 Å². The lowest BCUT2D eigenvalue weighted by atomic mass is 9.93. The number of nitrogens with zero attached hydrogens (tertiary/aromatic N) is 2. The van der Waals surface area contributed by atoms with Gasteiger partial charge >= 0.3 is 6.18 Å². The Morgan fingerprint density at radius 1 is 1.22 bits per heavy atom. The summed E-state index contributed by atoms with van der Waals surface area (Å²) in [7, 11) is 1.49. The fourth-order valence-electron chi connectivity index (χ4n) is 3.72. The Balaban J connectivity index is 1.75. The van der Waals surface area contributed by atoms with Crippen molar-refractivity contribution in [3.05, 3.63) is 71.7 Å². The maximum absolute atomic E-state index is 13.7. The second-order valence-corrected chi connectivity index (χ2v) is 7.45. The predicted octanol–water partition coefficient (Wildman–Crippen LogP) is 3.08. The zero-order chi connectivity index (χ0) is 22.8. The highest BCUT2D eigenvalue weighted by Crippen LogP contribution is 2.39. The highest BCUT2D eigenvalue weighted by molar-refractivity contribution is 5.59. The number of anilines is 2. The third kappa shape index (κ3) is 4.51. The van der Waals surface area contributed by atoms with Crippen molar-refractivity contribution < 1.29 is 22.6 Å². The number of dihydropyridines is 1. The van der Waals surface area contributed by atoms with E-state index in [2.05, 4.69) is 20.5 Å². The van der Waals surface area contributed by atoms with Gasteiger partial charge in [-0.05, 0) is 36.4 Å². The van der Waals surface area contributed by atoms with Crippen molar-refractivity contribution in [2.75, 3.05) is 43.6 Å². The van der Waals surface area contributed by atoms with Gasteiger partial charge in [-0.15, -0.1) is 0 Å². The molecule has 1 aromatic heterocycles. The largest absolute Gasteiger partial charge is 0.496 e. The number of hydrogen-bond acceptors (Lipinski definition) is 7. The summed E-state index contributed by atoms with van der Waals surface area (Å²) in [6, 6.07) is 10.4. The topological polar surface area (TPSA) is 84.7 Å². The minimum Gasteiger partial charge on any atom is -0.496 e. The van der Waals surface area contributed by atoms with Crippen molar-refractivity contribution in [2.45, 2.75) is 11.8 Å². The van der Waals surface area contributed by atoms with E-state index >= 15 is 0 Å². The lowest BCUT2D eigenvalue weighted by Gasteiger charge is -2.36. The molecule has 10 heteroatoms. The van der Waals surface area contributed by atoms with Crippen LogP contribution in [-0.4, -0.2) is 44.6 Å². The first-order chi connectivity index (χ1) is 15.3. The number of rotatable bonds is 5. The number of pyridine rings is 1. The van der Waals surface area contributed by atoms with Crippen LogP contribution in [0.5, 0.6) is 5.75 Å². The second kappa shape index (κ2) is 8.71. The molecular formula is C22H24F3N5O2. The van der Waals surface area contributed by atoms with Gasteiger partial charge in [0.15, 0.2) is 0 Å². The van der Waals surface area contributed by atoms with Crippen molar-refractivity contribution in [3.8, 4) is 5.75 Å². The van der Waals surface area contributed by atoms with E-state index in [0.29, 0.717) is 37.6 Å². The molecule has 1 atom stereocenters. The molecule has 1 saturated heterocycles. The Labute approximate surface area is 183 Å². The van der Waals surface area contributed by atoms with E-state index in [-0.39, 0.29) is 11.5 Å². The molecule has 0 saturated carbocycles. The summed E-state index contributed by atoms with van der Waals surface area (Å²) >= 11 is 0. The molecule has 170 valence electrons. The quantitative estimate of drug-likeness (QED) is 0.650. The van der Waals surface area contributed by atoms with E-state index in [1.54, 1.807) is 24.3 Å². The maximum atomic E-state index is 13.7. The SMILES string of the molecule is COc1ccc(N2CCOCC2)cc1C1(N)C=C(Nc2ccccn2)C(C(F)(F)F)=CN1. The molecule has 1 unspecified atom stereocenters. The number of alkyl halides is 3. The van der Waals surface area contributed by atoms with E-state index in [9.17, 15) is 13.2 Å². The van der Waals surface area contributed by atoms with Crippen LogP contribution in [-0.2, 0) is 10.4 Å². The Bertz CT molecular complexity index is 1020. The van der Waals surface area contributed by atoms with Crippen LogP contribution in [0.3, 0.4) is 0 Å². The molecule has 0 amide bonds. The number of aromatic nitrogens is 1. The first-order valence-corrected chi connectivity index (χ1v) is 10.1. The van der Waals surface area contributed by atoms with Crippen LogP contribution in [0.15, 0.2) is 66.1 Å². The number of methoxy groups -OCH3 is 1. The lowest BCUT2D eigenvalue weighted by molar-refractivity contribution is -0.0900. The van der Waals surface area contributed by atoms with E-state index in [1.807, 2.05) is 12.1 Å². The van der Waals surface area contributed by atoms with Crippen LogP contribution in [0.4, 0.5) is 24.7 Å². The van der Waals surface area contributed by atoms with Gasteiger partial charge in [-0.25, -0.2) is 4.98 Å². The zero-order valence-electron chi connectivity index (χ0n) is 17.4. The average Bonchev–Trinajstić information content (AvgIpc) is 2.79. The van der Waals surface area contributed by atoms with Gasteiger partial charge in [0, 0.05) is 36.7 Å². The molecule has 0 spiro atoms. The number of allylic oxidation sites excluding steroid dienone is 1. The Morgan fingerprint density at radius 2 is 2.00 bits per heavy atom. The molecule has 2 aromatic rings. The molecule has 2 aliphatic rings. The molecule has 0 bridgehead atoms. The van der Waals surface area contributed by atoms with Crippen LogP contribution in [0, 0.1) is 0 Å². The molecule has 0 radical (unpaired) electrons. The Hall–Kier alpha value is -3.24. The normalized spacial score (nSPS) is 21.3. The number of nitrogens with two attached hydrogens (primary N) is 1. The van der Waals surface area contributed by atoms with Crippen LogP contribution >= 0.6 is 0 Å². The van der Waals surface area contributed by atoms with Gasteiger partial charge in [0.25, 0.3) is 0 Å². The summed E-state index contributed by atoms with van der Waals surface area (Å²) in [4.78, 5) is 6.20. The second-order valence-electron chi connectivity index (χ2n) is 7.45. The van der Waals surface area contributed by atoms with Crippen LogP contribution in [0.2, 0.25) is 0 Å². The lowest BCUT2D eigenvalue weighted by Crippen LogP contribution is -2.50. The summed E-state index contributed by atoms with van der Waals surface area (Å²) in [5.41, 5.74) is 5.47. The van der Waals surface area contributed by atoms with Gasteiger partial charge < -0.3 is 30.7 Å². The standard InChI is InChI=1S/C22H24F3N5O2/c1-31-19-6-5-15(30-8-10-32-11-9-30)12-16(19)21(26)13-18(17(14-28-21)22(23,24)25)29-20-4-2-3-7-27-20/h2-7,12-14,28H,8-11,26H2,1H3,(H,27,29). The predicted molar refractivity (Wildman–Crippen MR) is 115 cm³/mol. The first kappa shape index (κ1) is 22.0. The van der Waals surface area contributed by atoms with E-state index in [4.69, 9.17) is 15.2 Å². The monoisotopic (exact) mass is 447 g/mol. The molecule has 7 nitrogen and oxygen atoms in total. The van der Waals surface area contributed by atoms with Crippen molar-refractivity contribution in [1.29, 1.82) is 0 Å². The highest BCUT2D eigenvalue weighted by atomic mass is 19.4. The summed E-state index contributed by atoms with van der Waals surface area (Å²) in [6.45, 7) is 2.61. The van der Waals surface area contributed by atoms with E-state index in [0.717, 1.165) is 11.9 Å². The maximum Gasteiger partial charge on any atom is 0.419 e. The summed E-state index contributed by atoms with van der Waals surface area (Å²) in [6.07, 6.45) is -0.912. The first-order valence-electron chi connectivity index (χ1n) is 10.1. The number of nitrogens with one attached hydrogen (secondary N) is 2. The van der Waals surface area contributed by atoms with Gasteiger partial charge in [0.2, 0.25) is 0 Å². The molecule has 4 rings (SSSR count). The summed E-state index contributed by atoms with van der Waals surface area (Å²) in [5, 5.41) is 5.48. The molecule has 0 aliphatic carbocycles. The Morgan fingerprint density at radius 3 is 2.66 bits per heavy atom. The molecule has 2 aliphatic heterocycles. The molecule has 32 heavy (non-hydrogen) atoms. The van der Waals surface area contributed by atoms with Gasteiger partial charge in [-0.2, -0.15) is 13.2 Å². The zero-order valence-corrected chi connectivity index (χ0v) is 17.4. The van der Waals surface area contributed by atoms with Crippen LogP contribution < -0.4 is 26.0 Å². The van der Waals surface area contributed by atoms with Crippen LogP contribution in [0.1, 0.15) is 5.56 Å². The molecule has 1 fully saturated rings. The Kier molecular flexibility index (Phi) is 5.98. The fraction of sp³-hybridized carbons (Fsp3) is 0.318. The minimum absolute atomic E-state index is 0.198. The number of halogens is 3. The van der Waals surface area contributed by atoms with Crippen LogP contribution in [0.25, 0.3) is 0 Å². The van der Waals surface area contributed by atoms with Crippen molar-refractivity contribution in [2.24, 2.45) is 5.73 Å². The van der Waals surface area contributed by atoms with Crippen molar-refractivity contribution in [3.63, 3.8) is 0 Å². The van der Waals surface area contributed by atoms with Gasteiger partial charge in [-0.3, -0.25) is 0 Å². The van der Waals surface area contributed by atoms with Crippen molar-refractivity contribution >= 4 is 11.5 Å². The van der Waals surface area contributed by atoms with Gasteiger partial charge in [0.1, 0.15) is 17.2 Å². The summed E-state index contributed by atoms with van der Waals surface area (Å²) < 4.78 is 52.0.